The van der Waals surface area contributed by atoms with Crippen LogP contribution < -0.4 is 5.32 Å². The Kier molecular flexibility index (Phi) is 9.01. The molecule has 0 spiro atoms. The Morgan fingerprint density at radius 1 is 1.29 bits per heavy atom. The van der Waals surface area contributed by atoms with Crippen LogP contribution in [0.3, 0.4) is 0 Å². The van der Waals surface area contributed by atoms with Crippen molar-refractivity contribution in [1.82, 2.24) is 5.32 Å². The van der Waals surface area contributed by atoms with E-state index in [0.29, 0.717) is 12.7 Å². The van der Waals surface area contributed by atoms with Crippen LogP contribution in [0.5, 0.6) is 0 Å². The number of aldehydes is 1. The Balaban J connectivity index is 3.86. The Hall–Kier alpha value is -1.39. The summed E-state index contributed by atoms with van der Waals surface area (Å²) >= 11 is 0. The second-order valence-electron chi connectivity index (χ2n) is 4.01. The molecule has 0 aromatic rings. The maximum atomic E-state index is 11.4. The predicted molar refractivity (Wildman–Crippen MR) is 63.6 cm³/mol. The minimum Gasteiger partial charge on any atom is -0.480 e. The third-order valence-electron chi connectivity index (χ3n) is 2.46. The summed E-state index contributed by atoms with van der Waals surface area (Å²) in [6.45, 7) is 2.08. The van der Waals surface area contributed by atoms with E-state index in [2.05, 4.69) is 12.2 Å². The maximum Gasteiger partial charge on any atom is 0.326 e. The average molecular weight is 243 g/mol. The number of hydrogen-bond donors (Lipinski definition) is 2. The van der Waals surface area contributed by atoms with E-state index in [9.17, 15) is 14.4 Å². The largest absolute Gasteiger partial charge is 0.480 e. The highest BCUT2D eigenvalue weighted by molar-refractivity contribution is 5.83. The summed E-state index contributed by atoms with van der Waals surface area (Å²) in [6, 6.07) is -0.945. The van der Waals surface area contributed by atoms with Crippen LogP contribution in [-0.2, 0) is 14.4 Å². The van der Waals surface area contributed by atoms with Crippen molar-refractivity contribution in [2.75, 3.05) is 0 Å². The van der Waals surface area contributed by atoms with Gasteiger partial charge >= 0.3 is 5.97 Å². The number of carbonyl (C=O) groups is 3. The molecule has 0 aliphatic carbocycles. The quantitative estimate of drug-likeness (QED) is 0.450. The molecule has 17 heavy (non-hydrogen) atoms. The van der Waals surface area contributed by atoms with E-state index in [4.69, 9.17) is 5.11 Å². The molecule has 0 aromatic carbocycles. The van der Waals surface area contributed by atoms with Crippen LogP contribution >= 0.6 is 0 Å². The van der Waals surface area contributed by atoms with Crippen molar-refractivity contribution in [2.45, 2.75) is 57.9 Å². The molecular formula is C12H21NO4. The van der Waals surface area contributed by atoms with Crippen molar-refractivity contribution in [3.05, 3.63) is 0 Å². The fraction of sp³-hybridized carbons (Fsp3) is 0.750. The first-order valence-electron chi connectivity index (χ1n) is 6.07. The van der Waals surface area contributed by atoms with Gasteiger partial charge in [0.25, 0.3) is 0 Å². The van der Waals surface area contributed by atoms with Crippen molar-refractivity contribution in [1.29, 1.82) is 0 Å². The first kappa shape index (κ1) is 15.6. The van der Waals surface area contributed by atoms with E-state index in [1.54, 1.807) is 0 Å². The molecule has 0 aromatic heterocycles. The average Bonchev–Trinajstić information content (AvgIpc) is 2.29. The summed E-state index contributed by atoms with van der Waals surface area (Å²) in [5.41, 5.74) is 0. The number of amides is 1. The van der Waals surface area contributed by atoms with Crippen LogP contribution in [-0.4, -0.2) is 29.3 Å². The number of carbonyl (C=O) groups excluding carboxylic acids is 2. The molecule has 0 bridgehead atoms. The van der Waals surface area contributed by atoms with E-state index in [1.165, 1.54) is 0 Å². The van der Waals surface area contributed by atoms with Crippen molar-refractivity contribution >= 4 is 18.2 Å². The lowest BCUT2D eigenvalue weighted by Crippen LogP contribution is -2.40. The standard InChI is InChI=1S/C12H21NO4/c1-2-3-4-5-8-11(15)13-10(12(16)17)7-6-9-14/h9-10H,2-8H2,1H3,(H,13,15)(H,16,17)/t10-/m1/s1. The third-order valence-corrected chi connectivity index (χ3v) is 2.46. The van der Waals surface area contributed by atoms with Gasteiger partial charge in [0.2, 0.25) is 5.91 Å². The molecular weight excluding hydrogens is 222 g/mol. The summed E-state index contributed by atoms with van der Waals surface area (Å²) in [4.78, 5) is 32.4. The molecule has 0 fully saturated rings. The molecule has 5 heteroatoms. The lowest BCUT2D eigenvalue weighted by Gasteiger charge is -2.12. The first-order valence-corrected chi connectivity index (χ1v) is 6.07. The van der Waals surface area contributed by atoms with Gasteiger partial charge in [-0.1, -0.05) is 26.2 Å². The molecule has 0 radical (unpaired) electrons. The monoisotopic (exact) mass is 243 g/mol. The molecule has 1 atom stereocenters. The van der Waals surface area contributed by atoms with Gasteiger partial charge in [-0.3, -0.25) is 4.79 Å². The maximum absolute atomic E-state index is 11.4. The van der Waals surface area contributed by atoms with E-state index < -0.39 is 12.0 Å². The summed E-state index contributed by atoms with van der Waals surface area (Å²) in [5, 5.41) is 11.3. The normalized spacial score (nSPS) is 11.8. The smallest absolute Gasteiger partial charge is 0.326 e. The highest BCUT2D eigenvalue weighted by Gasteiger charge is 2.18. The molecule has 0 saturated carbocycles. The SMILES string of the molecule is CCCCCCC(=O)N[C@H](CCC=O)C(=O)O. The van der Waals surface area contributed by atoms with Gasteiger partial charge in [0.15, 0.2) is 0 Å². The van der Waals surface area contributed by atoms with Crippen LogP contribution in [0.4, 0.5) is 0 Å². The van der Waals surface area contributed by atoms with Crippen LogP contribution in [0, 0.1) is 0 Å². The molecule has 2 N–H and O–H groups in total. The lowest BCUT2D eigenvalue weighted by molar-refractivity contribution is -0.142. The number of nitrogens with one attached hydrogen (secondary N) is 1. The van der Waals surface area contributed by atoms with Gasteiger partial charge < -0.3 is 15.2 Å². The number of carboxylic acids is 1. The third kappa shape index (κ3) is 8.42. The molecule has 5 nitrogen and oxygen atoms in total. The van der Waals surface area contributed by atoms with Crippen LogP contribution in [0.15, 0.2) is 0 Å². The zero-order chi connectivity index (χ0) is 13.1. The van der Waals surface area contributed by atoms with Crippen LogP contribution in [0.1, 0.15) is 51.9 Å². The summed E-state index contributed by atoms with van der Waals surface area (Å²) in [5.74, 6) is -1.34. The van der Waals surface area contributed by atoms with E-state index in [0.717, 1.165) is 25.7 Å². The van der Waals surface area contributed by atoms with E-state index >= 15 is 0 Å². The predicted octanol–water partition coefficient (Wildman–Crippen LogP) is 1.51. The molecule has 0 heterocycles. The van der Waals surface area contributed by atoms with Gasteiger partial charge in [-0.25, -0.2) is 4.79 Å². The number of unbranched alkanes of at least 4 members (excludes halogenated alkanes) is 3. The molecule has 0 saturated heterocycles. The van der Waals surface area contributed by atoms with E-state index in [-0.39, 0.29) is 18.7 Å². The second-order valence-corrected chi connectivity index (χ2v) is 4.01. The highest BCUT2D eigenvalue weighted by atomic mass is 16.4. The Labute approximate surface area is 102 Å². The van der Waals surface area contributed by atoms with Gasteiger partial charge in [-0.05, 0) is 12.8 Å². The Bertz CT molecular complexity index is 253. The minimum absolute atomic E-state index is 0.146. The van der Waals surface area contributed by atoms with E-state index in [1.807, 2.05) is 0 Å². The Morgan fingerprint density at radius 3 is 2.53 bits per heavy atom. The zero-order valence-corrected chi connectivity index (χ0v) is 10.3. The van der Waals surface area contributed by atoms with Gasteiger partial charge in [-0.15, -0.1) is 0 Å². The topological polar surface area (TPSA) is 83.5 Å². The van der Waals surface area contributed by atoms with Crippen molar-refractivity contribution in [2.24, 2.45) is 0 Å². The number of hydrogen-bond acceptors (Lipinski definition) is 3. The number of rotatable bonds is 10. The second kappa shape index (κ2) is 9.81. The van der Waals surface area contributed by atoms with Crippen LogP contribution in [0.25, 0.3) is 0 Å². The fourth-order valence-electron chi connectivity index (χ4n) is 1.47. The molecule has 0 aliphatic heterocycles. The van der Waals surface area contributed by atoms with Crippen molar-refractivity contribution < 1.29 is 19.5 Å². The van der Waals surface area contributed by atoms with Crippen molar-refractivity contribution in [3.8, 4) is 0 Å². The first-order chi connectivity index (χ1) is 8.11. The summed E-state index contributed by atoms with van der Waals surface area (Å²) in [6.07, 6.45) is 5.25. The lowest BCUT2D eigenvalue weighted by atomic mass is 10.1. The Morgan fingerprint density at radius 2 is 2.00 bits per heavy atom. The van der Waals surface area contributed by atoms with Gasteiger partial charge in [0.05, 0.1) is 0 Å². The number of aliphatic carboxylic acids is 1. The molecule has 0 aliphatic rings. The van der Waals surface area contributed by atoms with Gasteiger partial charge in [0.1, 0.15) is 12.3 Å². The van der Waals surface area contributed by atoms with Crippen LogP contribution in [0.2, 0.25) is 0 Å². The fourth-order valence-corrected chi connectivity index (χ4v) is 1.47. The molecule has 0 rings (SSSR count). The molecule has 1 amide bonds. The van der Waals surface area contributed by atoms with Gasteiger partial charge in [-0.2, -0.15) is 0 Å². The molecule has 98 valence electrons. The summed E-state index contributed by atoms with van der Waals surface area (Å²) in [7, 11) is 0. The van der Waals surface area contributed by atoms with Crippen molar-refractivity contribution in [3.63, 3.8) is 0 Å². The number of carboxylic acid groups (broad SMARTS) is 1. The minimum atomic E-state index is -1.09. The zero-order valence-electron chi connectivity index (χ0n) is 10.3. The summed E-state index contributed by atoms with van der Waals surface area (Å²) < 4.78 is 0. The highest BCUT2D eigenvalue weighted by Crippen LogP contribution is 2.03. The molecule has 0 unspecified atom stereocenters. The van der Waals surface area contributed by atoms with Gasteiger partial charge in [0, 0.05) is 12.8 Å².